The molecule has 2 aromatic rings. The molecule has 0 radical (unpaired) electrons. The highest BCUT2D eigenvalue weighted by atomic mass is 79.9. The van der Waals surface area contributed by atoms with Crippen molar-refractivity contribution >= 4 is 21.6 Å². The molecule has 1 heterocycles. The molecule has 0 saturated heterocycles. The number of anilines is 1. The molecule has 0 fully saturated rings. The predicted octanol–water partition coefficient (Wildman–Crippen LogP) is 3.54. The topological polar surface area (TPSA) is 38.9 Å². The summed E-state index contributed by atoms with van der Waals surface area (Å²) in [4.78, 5) is 4.30. The molecule has 1 aromatic heterocycles. The van der Waals surface area contributed by atoms with Crippen LogP contribution in [0, 0.1) is 12.7 Å². The lowest BCUT2D eigenvalue weighted by molar-refractivity contribution is 0.628. The minimum Gasteiger partial charge on any atom is -0.397 e. The molecule has 0 aliphatic heterocycles. The summed E-state index contributed by atoms with van der Waals surface area (Å²) >= 11 is 3.32. The number of nitrogen functional groups attached to an aromatic ring is 1. The Bertz CT molecular complexity index is 523. The molecule has 0 amide bonds. The van der Waals surface area contributed by atoms with Crippen LogP contribution in [-0.4, -0.2) is 4.98 Å². The first-order valence-corrected chi connectivity index (χ1v) is 5.56. The van der Waals surface area contributed by atoms with E-state index in [0.717, 1.165) is 15.7 Å². The number of aryl methyl sites for hydroxylation is 1. The fraction of sp³-hybridized carbons (Fsp3) is 0.0833. The lowest BCUT2D eigenvalue weighted by atomic mass is 10.1. The van der Waals surface area contributed by atoms with Gasteiger partial charge in [-0.1, -0.05) is 0 Å². The number of benzene rings is 1. The van der Waals surface area contributed by atoms with E-state index in [1.807, 2.05) is 13.0 Å². The Labute approximate surface area is 101 Å². The van der Waals surface area contributed by atoms with Crippen LogP contribution in [0.3, 0.4) is 0 Å². The van der Waals surface area contributed by atoms with Gasteiger partial charge in [0.1, 0.15) is 10.4 Å². The second kappa shape index (κ2) is 4.22. The molecule has 82 valence electrons. The largest absolute Gasteiger partial charge is 0.397 e. The van der Waals surface area contributed by atoms with Crippen molar-refractivity contribution in [3.05, 3.63) is 46.3 Å². The molecule has 16 heavy (non-hydrogen) atoms. The third kappa shape index (κ3) is 2.07. The van der Waals surface area contributed by atoms with Gasteiger partial charge in [-0.05, 0) is 58.7 Å². The van der Waals surface area contributed by atoms with E-state index in [9.17, 15) is 4.39 Å². The van der Waals surface area contributed by atoms with Gasteiger partial charge in [0.05, 0.1) is 11.4 Å². The Kier molecular flexibility index (Phi) is 2.92. The van der Waals surface area contributed by atoms with Gasteiger partial charge in [-0.25, -0.2) is 9.37 Å². The summed E-state index contributed by atoms with van der Waals surface area (Å²) in [5, 5.41) is 0. The normalized spacial score (nSPS) is 10.4. The number of nitrogens with zero attached hydrogens (tertiary/aromatic N) is 1. The molecule has 0 aliphatic carbocycles. The number of hydrogen-bond donors (Lipinski definition) is 1. The van der Waals surface area contributed by atoms with Gasteiger partial charge < -0.3 is 5.73 Å². The highest BCUT2D eigenvalue weighted by Gasteiger charge is 2.08. The van der Waals surface area contributed by atoms with Crippen molar-refractivity contribution in [3.63, 3.8) is 0 Å². The third-order valence-corrected chi connectivity index (χ3v) is 2.76. The van der Waals surface area contributed by atoms with Gasteiger partial charge in [-0.2, -0.15) is 0 Å². The van der Waals surface area contributed by atoms with Gasteiger partial charge in [0.15, 0.2) is 0 Å². The Morgan fingerprint density at radius 2 is 1.88 bits per heavy atom. The second-order valence-corrected chi connectivity index (χ2v) is 4.34. The van der Waals surface area contributed by atoms with Crippen LogP contribution < -0.4 is 5.73 Å². The number of halogens is 2. The standard InChI is InChI=1S/C12H10BrFN2/c1-7-6-10(13)16-12(11(7)15)8-2-4-9(14)5-3-8/h2-6H,15H2,1H3. The average molecular weight is 281 g/mol. The fourth-order valence-electron chi connectivity index (χ4n) is 1.47. The van der Waals surface area contributed by atoms with Crippen molar-refractivity contribution in [3.8, 4) is 11.3 Å². The summed E-state index contributed by atoms with van der Waals surface area (Å²) in [6.45, 7) is 1.91. The van der Waals surface area contributed by atoms with Crippen LogP contribution in [0.15, 0.2) is 34.9 Å². The zero-order valence-corrected chi connectivity index (χ0v) is 10.3. The molecule has 4 heteroatoms. The zero-order chi connectivity index (χ0) is 11.7. The highest BCUT2D eigenvalue weighted by molar-refractivity contribution is 9.10. The quantitative estimate of drug-likeness (QED) is 0.812. The van der Waals surface area contributed by atoms with Gasteiger partial charge in [0.25, 0.3) is 0 Å². The molecule has 1 aromatic carbocycles. The van der Waals surface area contributed by atoms with Gasteiger partial charge in [0, 0.05) is 5.56 Å². The van der Waals surface area contributed by atoms with Crippen molar-refractivity contribution in [2.24, 2.45) is 0 Å². The summed E-state index contributed by atoms with van der Waals surface area (Å²) in [5.41, 5.74) is 8.99. The van der Waals surface area contributed by atoms with Crippen molar-refractivity contribution in [2.75, 3.05) is 5.73 Å². The maximum atomic E-state index is 12.8. The molecule has 0 spiro atoms. The SMILES string of the molecule is Cc1cc(Br)nc(-c2ccc(F)cc2)c1N. The van der Waals surface area contributed by atoms with E-state index in [4.69, 9.17) is 5.73 Å². The van der Waals surface area contributed by atoms with E-state index in [2.05, 4.69) is 20.9 Å². The third-order valence-electron chi connectivity index (χ3n) is 2.35. The maximum absolute atomic E-state index is 12.8. The number of pyridine rings is 1. The molecule has 0 bridgehead atoms. The minimum absolute atomic E-state index is 0.269. The van der Waals surface area contributed by atoms with Gasteiger partial charge in [0.2, 0.25) is 0 Å². The summed E-state index contributed by atoms with van der Waals surface area (Å²) < 4.78 is 13.5. The molecule has 2 rings (SSSR count). The van der Waals surface area contributed by atoms with Crippen LogP contribution in [0.2, 0.25) is 0 Å². The summed E-state index contributed by atoms with van der Waals surface area (Å²) in [7, 11) is 0. The van der Waals surface area contributed by atoms with Crippen LogP contribution in [0.1, 0.15) is 5.56 Å². The number of aromatic nitrogens is 1. The monoisotopic (exact) mass is 280 g/mol. The van der Waals surface area contributed by atoms with Gasteiger partial charge >= 0.3 is 0 Å². The average Bonchev–Trinajstić information content (AvgIpc) is 2.25. The minimum atomic E-state index is -0.269. The first-order valence-electron chi connectivity index (χ1n) is 4.76. The number of rotatable bonds is 1. The molecule has 0 atom stereocenters. The molecule has 2 N–H and O–H groups in total. The zero-order valence-electron chi connectivity index (χ0n) is 8.67. The molecule has 0 aliphatic rings. The lowest BCUT2D eigenvalue weighted by Gasteiger charge is -2.08. The smallest absolute Gasteiger partial charge is 0.123 e. The Morgan fingerprint density at radius 3 is 2.50 bits per heavy atom. The Morgan fingerprint density at radius 1 is 1.25 bits per heavy atom. The van der Waals surface area contributed by atoms with Crippen molar-refractivity contribution in [2.45, 2.75) is 6.92 Å². The van der Waals surface area contributed by atoms with E-state index in [1.54, 1.807) is 12.1 Å². The number of hydrogen-bond acceptors (Lipinski definition) is 2. The number of nitrogens with two attached hydrogens (primary N) is 1. The molecule has 2 nitrogen and oxygen atoms in total. The van der Waals surface area contributed by atoms with Crippen LogP contribution in [0.4, 0.5) is 10.1 Å². The van der Waals surface area contributed by atoms with Gasteiger partial charge in [-0.3, -0.25) is 0 Å². The van der Waals surface area contributed by atoms with E-state index in [1.165, 1.54) is 12.1 Å². The Hall–Kier alpha value is -1.42. The molecule has 0 unspecified atom stereocenters. The van der Waals surface area contributed by atoms with Gasteiger partial charge in [-0.15, -0.1) is 0 Å². The molecular formula is C12H10BrFN2. The summed E-state index contributed by atoms with van der Waals surface area (Å²) in [6.07, 6.45) is 0. The second-order valence-electron chi connectivity index (χ2n) is 3.53. The Balaban J connectivity index is 2.59. The lowest BCUT2D eigenvalue weighted by Crippen LogP contribution is -1.97. The van der Waals surface area contributed by atoms with Crippen LogP contribution in [0.25, 0.3) is 11.3 Å². The maximum Gasteiger partial charge on any atom is 0.123 e. The van der Waals surface area contributed by atoms with Crippen molar-refractivity contribution < 1.29 is 4.39 Å². The van der Waals surface area contributed by atoms with Crippen molar-refractivity contribution in [1.29, 1.82) is 0 Å². The van der Waals surface area contributed by atoms with E-state index < -0.39 is 0 Å². The molecule has 0 saturated carbocycles. The van der Waals surface area contributed by atoms with Crippen molar-refractivity contribution in [1.82, 2.24) is 4.98 Å². The summed E-state index contributed by atoms with van der Waals surface area (Å²) in [6, 6.07) is 7.97. The predicted molar refractivity (Wildman–Crippen MR) is 66.5 cm³/mol. The highest BCUT2D eigenvalue weighted by Crippen LogP contribution is 2.28. The molecular weight excluding hydrogens is 271 g/mol. The van der Waals surface area contributed by atoms with Crippen LogP contribution in [-0.2, 0) is 0 Å². The van der Waals surface area contributed by atoms with E-state index >= 15 is 0 Å². The van der Waals surface area contributed by atoms with Crippen LogP contribution in [0.5, 0.6) is 0 Å². The first-order chi connectivity index (χ1) is 7.58. The van der Waals surface area contributed by atoms with E-state index in [-0.39, 0.29) is 5.82 Å². The fourth-order valence-corrected chi connectivity index (χ4v) is 1.99. The van der Waals surface area contributed by atoms with Crippen LogP contribution >= 0.6 is 15.9 Å². The summed E-state index contributed by atoms with van der Waals surface area (Å²) in [5.74, 6) is -0.269. The van der Waals surface area contributed by atoms with E-state index in [0.29, 0.717) is 11.4 Å². The first kappa shape index (κ1) is 11.1.